The lowest BCUT2D eigenvalue weighted by molar-refractivity contribution is -0.394. The number of rotatable bonds is 4. The van der Waals surface area contributed by atoms with Crippen molar-refractivity contribution in [1.29, 1.82) is 0 Å². The van der Waals surface area contributed by atoms with Gasteiger partial charge in [-0.1, -0.05) is 34.8 Å². The van der Waals surface area contributed by atoms with Crippen LogP contribution in [-0.4, -0.2) is 20.9 Å². The first kappa shape index (κ1) is 18.7. The maximum atomic E-state index is 12.3. The first-order chi connectivity index (χ1) is 11.6. The van der Waals surface area contributed by atoms with Gasteiger partial charge in [0.2, 0.25) is 0 Å². The summed E-state index contributed by atoms with van der Waals surface area (Å²) in [5, 5.41) is 32.8. The molecule has 0 radical (unpaired) electrons. The number of nitro benzene ring substituents is 2. The van der Waals surface area contributed by atoms with Crippen LogP contribution in [0.2, 0.25) is 15.1 Å². The molecule has 2 aromatic rings. The summed E-state index contributed by atoms with van der Waals surface area (Å²) >= 11 is 17.4. The van der Waals surface area contributed by atoms with Crippen LogP contribution in [0, 0.1) is 20.2 Å². The molecule has 1 amide bonds. The van der Waals surface area contributed by atoms with E-state index in [1.807, 2.05) is 0 Å². The van der Waals surface area contributed by atoms with Crippen LogP contribution < -0.4 is 5.32 Å². The second-order valence-corrected chi connectivity index (χ2v) is 5.75. The molecular formula is C13H6Cl3N3O6. The highest BCUT2D eigenvalue weighted by molar-refractivity contribution is 6.46. The van der Waals surface area contributed by atoms with Gasteiger partial charge in [0, 0.05) is 12.1 Å². The summed E-state index contributed by atoms with van der Waals surface area (Å²) in [6, 6.07) is 3.55. The number of nitrogens with zero attached hydrogens (tertiary/aromatic N) is 2. The van der Waals surface area contributed by atoms with E-state index >= 15 is 0 Å². The van der Waals surface area contributed by atoms with Crippen molar-refractivity contribution in [2.24, 2.45) is 0 Å². The summed E-state index contributed by atoms with van der Waals surface area (Å²) < 4.78 is 0. The van der Waals surface area contributed by atoms with E-state index in [1.54, 1.807) is 0 Å². The van der Waals surface area contributed by atoms with Crippen molar-refractivity contribution in [2.45, 2.75) is 0 Å². The molecule has 0 aliphatic heterocycles. The van der Waals surface area contributed by atoms with Gasteiger partial charge in [0.05, 0.1) is 37.2 Å². The van der Waals surface area contributed by atoms with Crippen molar-refractivity contribution in [3.63, 3.8) is 0 Å². The number of non-ortho nitro benzene ring substituents is 2. The highest BCUT2D eigenvalue weighted by atomic mass is 35.5. The number of hydrogen-bond acceptors (Lipinski definition) is 6. The maximum Gasteiger partial charge on any atom is 0.277 e. The molecule has 12 heteroatoms. The molecule has 0 fully saturated rings. The molecule has 2 aromatic carbocycles. The zero-order valence-electron chi connectivity index (χ0n) is 11.8. The van der Waals surface area contributed by atoms with Crippen LogP contribution in [0.3, 0.4) is 0 Å². The van der Waals surface area contributed by atoms with Gasteiger partial charge in [-0.05, 0) is 6.07 Å². The Hall–Kier alpha value is -2.62. The lowest BCUT2D eigenvalue weighted by Gasteiger charge is -2.10. The van der Waals surface area contributed by atoms with E-state index in [0.717, 1.165) is 24.3 Å². The second-order valence-electron chi connectivity index (χ2n) is 4.59. The number of nitrogens with one attached hydrogen (secondary N) is 1. The molecule has 2 rings (SSSR count). The minimum absolute atomic E-state index is 0.0892. The summed E-state index contributed by atoms with van der Waals surface area (Å²) in [5.74, 6) is -1.41. The number of benzene rings is 2. The van der Waals surface area contributed by atoms with Crippen molar-refractivity contribution in [3.05, 3.63) is 65.1 Å². The van der Waals surface area contributed by atoms with Gasteiger partial charge in [0.25, 0.3) is 17.3 Å². The molecule has 0 atom stereocenters. The predicted octanol–water partition coefficient (Wildman–Crippen LogP) is 4.42. The van der Waals surface area contributed by atoms with E-state index in [2.05, 4.69) is 5.32 Å². The van der Waals surface area contributed by atoms with Gasteiger partial charge in [-0.15, -0.1) is 0 Å². The third-order valence-corrected chi connectivity index (χ3v) is 4.11. The molecule has 0 saturated heterocycles. The van der Waals surface area contributed by atoms with Crippen molar-refractivity contribution >= 4 is 57.8 Å². The Morgan fingerprint density at radius 1 is 0.960 bits per heavy atom. The van der Waals surface area contributed by atoms with E-state index in [-0.39, 0.29) is 26.3 Å². The van der Waals surface area contributed by atoms with Crippen LogP contribution in [0.5, 0.6) is 5.75 Å². The number of anilines is 1. The monoisotopic (exact) mass is 405 g/mol. The van der Waals surface area contributed by atoms with Crippen LogP contribution in [-0.2, 0) is 0 Å². The normalized spacial score (nSPS) is 10.4. The van der Waals surface area contributed by atoms with Gasteiger partial charge in [-0.3, -0.25) is 25.0 Å². The Balaban J connectivity index is 2.45. The summed E-state index contributed by atoms with van der Waals surface area (Å²) in [7, 11) is 0. The Morgan fingerprint density at radius 2 is 1.48 bits per heavy atom. The molecule has 25 heavy (non-hydrogen) atoms. The minimum atomic E-state index is -0.925. The molecule has 0 aliphatic carbocycles. The fourth-order valence-corrected chi connectivity index (χ4v) is 2.45. The SMILES string of the molecule is O=C(Nc1cc(Cl)c(O)c(Cl)c1Cl)c1cc([N+](=O)[O-])cc([N+](=O)[O-])c1. The molecule has 0 heterocycles. The Kier molecular flexibility index (Phi) is 5.31. The Bertz CT molecular complexity index is 886. The van der Waals surface area contributed by atoms with Gasteiger partial charge in [0.15, 0.2) is 5.75 Å². The number of nitro groups is 2. The van der Waals surface area contributed by atoms with E-state index in [0.29, 0.717) is 0 Å². The zero-order valence-corrected chi connectivity index (χ0v) is 14.1. The Morgan fingerprint density at radius 3 is 1.96 bits per heavy atom. The standard InChI is InChI=1S/C13H6Cl3N3O6/c14-8-4-9(10(15)11(16)12(8)20)17-13(21)5-1-6(18(22)23)3-7(2-5)19(24)25/h1-4,20H,(H,17,21). The van der Waals surface area contributed by atoms with Crippen molar-refractivity contribution in [2.75, 3.05) is 5.32 Å². The van der Waals surface area contributed by atoms with E-state index in [1.165, 1.54) is 0 Å². The van der Waals surface area contributed by atoms with Gasteiger partial charge >= 0.3 is 0 Å². The molecule has 2 N–H and O–H groups in total. The van der Waals surface area contributed by atoms with E-state index < -0.39 is 32.9 Å². The van der Waals surface area contributed by atoms with Gasteiger partial charge < -0.3 is 10.4 Å². The third kappa shape index (κ3) is 3.90. The highest BCUT2D eigenvalue weighted by Gasteiger charge is 2.21. The number of phenols is 1. The van der Waals surface area contributed by atoms with Crippen molar-refractivity contribution in [1.82, 2.24) is 0 Å². The van der Waals surface area contributed by atoms with Gasteiger partial charge in [-0.25, -0.2) is 0 Å². The summed E-state index contributed by atoms with van der Waals surface area (Å²) in [4.78, 5) is 32.2. The molecular weight excluding hydrogens is 401 g/mol. The van der Waals surface area contributed by atoms with Gasteiger partial charge in [0.1, 0.15) is 5.02 Å². The van der Waals surface area contributed by atoms with E-state index in [4.69, 9.17) is 34.8 Å². The van der Waals surface area contributed by atoms with Crippen LogP contribution in [0.1, 0.15) is 10.4 Å². The summed E-state index contributed by atoms with van der Waals surface area (Å²) in [6.45, 7) is 0. The van der Waals surface area contributed by atoms with Crippen molar-refractivity contribution in [3.8, 4) is 5.75 Å². The lowest BCUT2D eigenvalue weighted by atomic mass is 10.1. The zero-order chi connectivity index (χ0) is 18.9. The highest BCUT2D eigenvalue weighted by Crippen LogP contribution is 2.42. The molecule has 0 unspecified atom stereocenters. The van der Waals surface area contributed by atoms with Crippen LogP contribution in [0.15, 0.2) is 24.3 Å². The largest absolute Gasteiger partial charge is 0.505 e. The third-order valence-electron chi connectivity index (χ3n) is 2.97. The predicted molar refractivity (Wildman–Crippen MR) is 90.8 cm³/mol. The maximum absolute atomic E-state index is 12.3. The summed E-state index contributed by atoms with van der Waals surface area (Å²) in [5.41, 5.74) is -1.70. The van der Waals surface area contributed by atoms with Crippen LogP contribution >= 0.6 is 34.8 Å². The smallest absolute Gasteiger partial charge is 0.277 e. The molecule has 0 bridgehead atoms. The molecule has 9 nitrogen and oxygen atoms in total. The number of amides is 1. The average Bonchev–Trinajstić information content (AvgIpc) is 2.57. The quantitative estimate of drug-likeness (QED) is 0.334. The average molecular weight is 407 g/mol. The van der Waals surface area contributed by atoms with Crippen LogP contribution in [0.25, 0.3) is 0 Å². The first-order valence-electron chi connectivity index (χ1n) is 6.23. The fourth-order valence-electron chi connectivity index (χ4n) is 1.81. The van der Waals surface area contributed by atoms with Gasteiger partial charge in [-0.2, -0.15) is 0 Å². The topological polar surface area (TPSA) is 136 Å². The minimum Gasteiger partial charge on any atom is -0.505 e. The molecule has 0 spiro atoms. The second kappa shape index (κ2) is 7.09. The molecule has 130 valence electrons. The van der Waals surface area contributed by atoms with E-state index in [9.17, 15) is 30.1 Å². The number of hydrogen-bond donors (Lipinski definition) is 2. The number of halogens is 3. The number of carbonyl (C=O) groups excluding carboxylic acids is 1. The van der Waals surface area contributed by atoms with Crippen LogP contribution in [0.4, 0.5) is 17.1 Å². The molecule has 0 aliphatic rings. The van der Waals surface area contributed by atoms with Crippen molar-refractivity contribution < 1.29 is 19.7 Å². The summed E-state index contributed by atoms with van der Waals surface area (Å²) in [6.07, 6.45) is 0. The number of phenolic OH excluding ortho intramolecular Hbond substituents is 1. The number of carbonyl (C=O) groups is 1. The lowest BCUT2D eigenvalue weighted by Crippen LogP contribution is -2.13. The first-order valence-corrected chi connectivity index (χ1v) is 7.37. The Labute approximate surface area is 154 Å². The number of aromatic hydroxyl groups is 1. The molecule has 0 saturated carbocycles. The molecule has 0 aromatic heterocycles. The fraction of sp³-hybridized carbons (Fsp3) is 0.